The number of carbonyl (C=O) groups is 9. The molecular weight excluding hydrogens is 626 g/mol. The molecule has 0 saturated carbocycles. The molecular formula is C27H45N9O11. The fraction of sp³-hybridized carbons (Fsp3) is 0.667. The summed E-state index contributed by atoms with van der Waals surface area (Å²) in [6.45, 7) is 1.63. The standard InChI is InChI=1S/C27H45N9O11/c1-16(37)28-10-4-7-20-26(44)34-21(9-6-12-36(47)18(3)39)27(45)33-19(8-5-11-35(46)17(2)38)25(43)31-14-23(41)29-13-22(40)30-15-24(42)32-20/h19-21,46-47H,4-15H2,1-3H3,(H,28,37)(H,29,41)(H,30,40)(H,31,43)(H,32,42)(H,33,45)(H,34,44)/t19-,20-,21+/m1/s1. The van der Waals surface area contributed by atoms with Crippen LogP contribution in [0.15, 0.2) is 0 Å². The SMILES string of the molecule is CC(=O)NCCC[C@H]1NC(=O)CNC(=O)CNC(=O)CNC(=O)[C@@H](CCCN(O)C(C)=O)NC(=O)[C@H](CCCN(O)C(C)=O)NC1=O. The summed E-state index contributed by atoms with van der Waals surface area (Å²) in [5.74, 6) is -6.39. The molecule has 1 heterocycles. The first-order chi connectivity index (χ1) is 22.1. The zero-order valence-electron chi connectivity index (χ0n) is 26.7. The van der Waals surface area contributed by atoms with E-state index in [9.17, 15) is 53.6 Å². The lowest BCUT2D eigenvalue weighted by atomic mass is 10.1. The van der Waals surface area contributed by atoms with E-state index in [1.54, 1.807) is 0 Å². The van der Waals surface area contributed by atoms with E-state index in [0.717, 1.165) is 13.8 Å². The molecule has 1 saturated heterocycles. The molecule has 9 amide bonds. The monoisotopic (exact) mass is 671 g/mol. The van der Waals surface area contributed by atoms with E-state index in [-0.39, 0.29) is 64.1 Å². The molecule has 20 heteroatoms. The molecule has 0 radical (unpaired) electrons. The molecule has 0 aliphatic carbocycles. The summed E-state index contributed by atoms with van der Waals surface area (Å²) in [5.41, 5.74) is 0. The van der Waals surface area contributed by atoms with E-state index in [0.29, 0.717) is 10.1 Å². The Morgan fingerprint density at radius 3 is 1.49 bits per heavy atom. The van der Waals surface area contributed by atoms with Crippen LogP contribution in [0.3, 0.4) is 0 Å². The molecule has 0 bridgehead atoms. The molecule has 1 rings (SSSR count). The maximum Gasteiger partial charge on any atom is 0.243 e. The Labute approximate surface area is 271 Å². The van der Waals surface area contributed by atoms with Crippen LogP contribution in [0.5, 0.6) is 0 Å². The number of rotatable bonds is 12. The third-order valence-corrected chi connectivity index (χ3v) is 6.73. The third kappa shape index (κ3) is 16.9. The Balaban J connectivity index is 3.33. The molecule has 0 aromatic rings. The van der Waals surface area contributed by atoms with Crippen molar-refractivity contribution in [1.82, 2.24) is 47.3 Å². The van der Waals surface area contributed by atoms with E-state index in [1.165, 1.54) is 6.92 Å². The van der Waals surface area contributed by atoms with Crippen LogP contribution in [-0.2, 0) is 43.2 Å². The van der Waals surface area contributed by atoms with Crippen molar-refractivity contribution < 1.29 is 53.6 Å². The molecule has 1 aliphatic rings. The minimum Gasteiger partial charge on any atom is -0.356 e. The second-order valence-corrected chi connectivity index (χ2v) is 10.7. The van der Waals surface area contributed by atoms with Crippen molar-refractivity contribution in [2.45, 2.75) is 77.4 Å². The fourth-order valence-corrected chi connectivity index (χ4v) is 4.15. The minimum atomic E-state index is -1.36. The summed E-state index contributed by atoms with van der Waals surface area (Å²) in [4.78, 5) is 111. The molecule has 264 valence electrons. The van der Waals surface area contributed by atoms with Crippen molar-refractivity contribution >= 4 is 53.2 Å². The Bertz CT molecular complexity index is 1170. The number of nitrogens with one attached hydrogen (secondary N) is 7. The van der Waals surface area contributed by atoms with Crippen LogP contribution in [0.2, 0.25) is 0 Å². The number of hydrogen-bond acceptors (Lipinski definition) is 11. The van der Waals surface area contributed by atoms with Crippen LogP contribution < -0.4 is 37.2 Å². The summed E-state index contributed by atoms with van der Waals surface area (Å²) < 4.78 is 0. The normalized spacial score (nSPS) is 20.1. The first kappa shape index (κ1) is 40.2. The highest BCUT2D eigenvalue weighted by Crippen LogP contribution is 2.07. The zero-order chi connectivity index (χ0) is 35.5. The maximum absolute atomic E-state index is 13.5. The van der Waals surface area contributed by atoms with Crippen LogP contribution in [0.4, 0.5) is 0 Å². The van der Waals surface area contributed by atoms with Crippen LogP contribution >= 0.6 is 0 Å². The van der Waals surface area contributed by atoms with E-state index < -0.39 is 85.0 Å². The van der Waals surface area contributed by atoms with E-state index in [4.69, 9.17) is 0 Å². The molecule has 20 nitrogen and oxygen atoms in total. The number of nitrogens with zero attached hydrogens (tertiary/aromatic N) is 2. The summed E-state index contributed by atoms with van der Waals surface area (Å²) in [7, 11) is 0. The summed E-state index contributed by atoms with van der Waals surface area (Å²) in [6, 6.07) is -3.92. The van der Waals surface area contributed by atoms with Gasteiger partial charge >= 0.3 is 0 Å². The minimum absolute atomic E-state index is 0.00376. The Morgan fingerprint density at radius 1 is 0.617 bits per heavy atom. The van der Waals surface area contributed by atoms with Crippen molar-refractivity contribution in [3.05, 3.63) is 0 Å². The number of amides is 9. The van der Waals surface area contributed by atoms with Gasteiger partial charge in [-0.2, -0.15) is 0 Å². The van der Waals surface area contributed by atoms with Crippen LogP contribution in [0.1, 0.15) is 59.3 Å². The molecule has 1 fully saturated rings. The number of carbonyl (C=O) groups excluding carboxylic acids is 9. The van der Waals surface area contributed by atoms with Gasteiger partial charge in [-0.15, -0.1) is 0 Å². The van der Waals surface area contributed by atoms with Gasteiger partial charge in [-0.1, -0.05) is 0 Å². The second-order valence-electron chi connectivity index (χ2n) is 10.7. The van der Waals surface area contributed by atoms with Gasteiger partial charge in [-0.05, 0) is 38.5 Å². The van der Waals surface area contributed by atoms with Crippen LogP contribution in [0.25, 0.3) is 0 Å². The van der Waals surface area contributed by atoms with Crippen LogP contribution in [0, 0.1) is 0 Å². The van der Waals surface area contributed by atoms with Gasteiger partial charge in [0.1, 0.15) is 18.1 Å². The largest absolute Gasteiger partial charge is 0.356 e. The quantitative estimate of drug-likeness (QED) is 0.0544. The highest BCUT2D eigenvalue weighted by Gasteiger charge is 2.30. The van der Waals surface area contributed by atoms with E-state index >= 15 is 0 Å². The maximum atomic E-state index is 13.5. The van der Waals surface area contributed by atoms with E-state index in [2.05, 4.69) is 37.2 Å². The summed E-state index contributed by atoms with van der Waals surface area (Å²) in [5, 5.41) is 37.2. The van der Waals surface area contributed by atoms with Gasteiger partial charge < -0.3 is 37.2 Å². The van der Waals surface area contributed by atoms with E-state index in [1.807, 2.05) is 0 Å². The van der Waals surface area contributed by atoms with Gasteiger partial charge in [-0.3, -0.25) is 53.6 Å². The van der Waals surface area contributed by atoms with Crippen molar-refractivity contribution in [2.24, 2.45) is 0 Å². The number of hydroxylamine groups is 4. The predicted molar refractivity (Wildman–Crippen MR) is 160 cm³/mol. The summed E-state index contributed by atoms with van der Waals surface area (Å²) in [6.07, 6.45) is 0.00611. The Kier molecular flexibility index (Phi) is 18.0. The smallest absolute Gasteiger partial charge is 0.243 e. The van der Waals surface area contributed by atoms with Crippen molar-refractivity contribution in [2.75, 3.05) is 39.3 Å². The number of hydrogen-bond donors (Lipinski definition) is 9. The van der Waals surface area contributed by atoms with Crippen molar-refractivity contribution in [1.29, 1.82) is 0 Å². The highest BCUT2D eigenvalue weighted by atomic mass is 16.5. The van der Waals surface area contributed by atoms with Gasteiger partial charge in [0.05, 0.1) is 19.6 Å². The zero-order valence-corrected chi connectivity index (χ0v) is 26.7. The molecule has 1 aliphatic heterocycles. The van der Waals surface area contributed by atoms with Gasteiger partial charge in [0.15, 0.2) is 0 Å². The first-order valence-electron chi connectivity index (χ1n) is 15.0. The molecule has 0 unspecified atom stereocenters. The molecule has 47 heavy (non-hydrogen) atoms. The fourth-order valence-electron chi connectivity index (χ4n) is 4.15. The summed E-state index contributed by atoms with van der Waals surface area (Å²) >= 11 is 0. The molecule has 9 N–H and O–H groups in total. The average Bonchev–Trinajstić information content (AvgIpc) is 3.00. The predicted octanol–water partition coefficient (Wildman–Crippen LogP) is -4.24. The van der Waals surface area contributed by atoms with Gasteiger partial charge in [0.25, 0.3) is 0 Å². The molecule has 0 aromatic heterocycles. The highest BCUT2D eigenvalue weighted by molar-refractivity contribution is 5.96. The molecule has 3 atom stereocenters. The topological polar surface area (TPSA) is 285 Å². The lowest BCUT2D eigenvalue weighted by Gasteiger charge is -2.26. The lowest BCUT2D eigenvalue weighted by molar-refractivity contribution is -0.163. The Morgan fingerprint density at radius 2 is 1.02 bits per heavy atom. The third-order valence-electron chi connectivity index (χ3n) is 6.73. The van der Waals surface area contributed by atoms with Gasteiger partial charge in [0.2, 0.25) is 53.2 Å². The van der Waals surface area contributed by atoms with Crippen molar-refractivity contribution in [3.63, 3.8) is 0 Å². The molecule has 0 aromatic carbocycles. The van der Waals surface area contributed by atoms with Gasteiger partial charge in [0, 0.05) is 40.4 Å². The molecule has 0 spiro atoms. The lowest BCUT2D eigenvalue weighted by Crippen LogP contribution is -2.58. The van der Waals surface area contributed by atoms with Crippen molar-refractivity contribution in [3.8, 4) is 0 Å². The first-order valence-corrected chi connectivity index (χ1v) is 15.0. The van der Waals surface area contributed by atoms with Crippen LogP contribution in [-0.4, -0.2) is 131 Å². The Hall–Kier alpha value is -4.85. The average molecular weight is 672 g/mol. The second kappa shape index (κ2) is 21.0. The van der Waals surface area contributed by atoms with Gasteiger partial charge in [-0.25, -0.2) is 10.1 Å².